The fraction of sp³-hybridized carbons (Fsp3) is 0.500. The normalized spacial score (nSPS) is 16.1. The third-order valence-corrected chi connectivity index (χ3v) is 11.4. The number of hydrogen-bond donors (Lipinski definition) is 0. The van der Waals surface area contributed by atoms with Gasteiger partial charge in [-0.25, -0.2) is 12.8 Å². The summed E-state index contributed by atoms with van der Waals surface area (Å²) in [5, 5.41) is -0.349. The van der Waals surface area contributed by atoms with Crippen LogP contribution in [0.4, 0.5) is 17.6 Å². The largest absolute Gasteiger partial charge is 0.541 e. The molecule has 0 N–H and O–H groups in total. The fourth-order valence-electron chi connectivity index (χ4n) is 2.26. The van der Waals surface area contributed by atoms with Gasteiger partial charge in [-0.05, 0) is 35.8 Å². The molecule has 0 fully saturated rings. The number of sulfone groups is 1. The van der Waals surface area contributed by atoms with Crippen molar-refractivity contribution in [2.45, 2.75) is 55.7 Å². The maximum absolute atomic E-state index is 14.6. The molecule has 0 saturated carbocycles. The van der Waals surface area contributed by atoms with Crippen LogP contribution in [0.1, 0.15) is 31.9 Å². The van der Waals surface area contributed by atoms with Crippen molar-refractivity contribution in [2.24, 2.45) is 0 Å². The first kappa shape index (κ1) is 21.4. The first-order chi connectivity index (χ1) is 11.5. The van der Waals surface area contributed by atoms with Crippen LogP contribution in [0, 0.1) is 0 Å². The Kier molecular flexibility index (Phi) is 5.22. The number of benzene rings is 1. The van der Waals surface area contributed by atoms with Gasteiger partial charge in [0.15, 0.2) is 0 Å². The topological polar surface area (TPSA) is 43.4 Å². The Hall–Kier alpha value is -0.873. The lowest BCUT2D eigenvalue weighted by Gasteiger charge is -2.37. The highest BCUT2D eigenvalue weighted by Gasteiger charge is 2.50. The van der Waals surface area contributed by atoms with Crippen molar-refractivity contribution < 1.29 is 30.4 Å². The van der Waals surface area contributed by atoms with Gasteiger partial charge in [0.05, 0.1) is 4.90 Å². The Bertz CT molecular complexity index is 884. The SMILES string of the molecule is CC(C)(C)[Si](C)(C)OC1=C(F)Cc2c(Br)ccc(S(=O)(=O)C(F)(F)F)c21. The van der Waals surface area contributed by atoms with Crippen molar-refractivity contribution >= 4 is 39.8 Å². The summed E-state index contributed by atoms with van der Waals surface area (Å²) in [5.74, 6) is -1.16. The molecule has 0 radical (unpaired) electrons. The molecule has 0 saturated heterocycles. The number of halogens is 5. The van der Waals surface area contributed by atoms with Crippen molar-refractivity contribution in [3.8, 4) is 0 Å². The molecule has 26 heavy (non-hydrogen) atoms. The number of rotatable bonds is 3. The van der Waals surface area contributed by atoms with Crippen LogP contribution < -0.4 is 0 Å². The minimum Gasteiger partial charge on any atom is -0.541 e. The summed E-state index contributed by atoms with van der Waals surface area (Å²) in [6.07, 6.45) is -0.318. The molecule has 0 unspecified atom stereocenters. The van der Waals surface area contributed by atoms with Gasteiger partial charge < -0.3 is 4.43 Å². The lowest BCUT2D eigenvalue weighted by atomic mass is 10.1. The summed E-state index contributed by atoms with van der Waals surface area (Å²) in [6, 6.07) is 2.01. The molecular formula is C16H19BrF4O3SSi. The molecule has 0 aromatic heterocycles. The summed E-state index contributed by atoms with van der Waals surface area (Å²) in [4.78, 5) is -0.982. The summed E-state index contributed by atoms with van der Waals surface area (Å²) >= 11 is 3.16. The lowest BCUT2D eigenvalue weighted by molar-refractivity contribution is -0.0436. The Morgan fingerprint density at radius 1 is 1.15 bits per heavy atom. The summed E-state index contributed by atoms with van der Waals surface area (Å²) in [5.41, 5.74) is -5.68. The summed E-state index contributed by atoms with van der Waals surface area (Å²) < 4.78 is 84.2. The van der Waals surface area contributed by atoms with Crippen LogP contribution in [0.3, 0.4) is 0 Å². The molecule has 0 aliphatic heterocycles. The van der Waals surface area contributed by atoms with Crippen molar-refractivity contribution in [3.63, 3.8) is 0 Å². The predicted molar refractivity (Wildman–Crippen MR) is 97.4 cm³/mol. The average molecular weight is 475 g/mol. The third-order valence-electron chi connectivity index (χ3n) is 4.78. The van der Waals surface area contributed by atoms with E-state index in [1.54, 1.807) is 13.1 Å². The van der Waals surface area contributed by atoms with Crippen LogP contribution in [0.25, 0.3) is 5.76 Å². The molecule has 0 bridgehead atoms. The highest BCUT2D eigenvalue weighted by atomic mass is 79.9. The number of hydrogen-bond acceptors (Lipinski definition) is 3. The van der Waals surface area contributed by atoms with Gasteiger partial charge in [-0.2, -0.15) is 13.2 Å². The molecule has 3 nitrogen and oxygen atoms in total. The van der Waals surface area contributed by atoms with Crippen LogP contribution >= 0.6 is 15.9 Å². The van der Waals surface area contributed by atoms with E-state index in [1.165, 1.54) is 6.07 Å². The van der Waals surface area contributed by atoms with Gasteiger partial charge in [-0.1, -0.05) is 36.7 Å². The molecule has 1 aliphatic carbocycles. The van der Waals surface area contributed by atoms with Crippen LogP contribution in [0.2, 0.25) is 18.1 Å². The molecule has 2 rings (SSSR count). The number of fused-ring (bicyclic) bond motifs is 1. The molecule has 0 atom stereocenters. The van der Waals surface area contributed by atoms with Crippen molar-refractivity contribution in [1.29, 1.82) is 0 Å². The second-order valence-electron chi connectivity index (χ2n) is 7.62. The lowest BCUT2D eigenvalue weighted by Crippen LogP contribution is -2.40. The molecule has 0 heterocycles. The van der Waals surface area contributed by atoms with Crippen molar-refractivity contribution in [2.75, 3.05) is 0 Å². The van der Waals surface area contributed by atoms with Gasteiger partial charge >= 0.3 is 5.51 Å². The molecule has 10 heteroatoms. The van der Waals surface area contributed by atoms with E-state index in [9.17, 15) is 26.0 Å². The maximum Gasteiger partial charge on any atom is 0.501 e. The first-order valence-corrected chi connectivity index (χ1v) is 12.9. The third kappa shape index (κ3) is 3.47. The van der Waals surface area contributed by atoms with Gasteiger partial charge in [0.25, 0.3) is 18.2 Å². The minimum absolute atomic E-state index is 0.140. The summed E-state index contributed by atoms with van der Waals surface area (Å²) in [7, 11) is -8.27. The molecule has 0 amide bonds. The Morgan fingerprint density at radius 2 is 1.69 bits per heavy atom. The van der Waals surface area contributed by atoms with Crippen LogP contribution in [-0.2, 0) is 20.7 Å². The smallest absolute Gasteiger partial charge is 0.501 e. The van der Waals surface area contributed by atoms with E-state index < -0.39 is 40.1 Å². The van der Waals surface area contributed by atoms with Crippen LogP contribution in [0.15, 0.2) is 27.3 Å². The Morgan fingerprint density at radius 3 is 2.15 bits per heavy atom. The van der Waals surface area contributed by atoms with Gasteiger partial charge in [-0.3, -0.25) is 0 Å². The zero-order valence-corrected chi connectivity index (χ0v) is 18.3. The Balaban J connectivity index is 2.72. The molecule has 0 spiro atoms. The minimum atomic E-state index is -5.65. The molecule has 1 aromatic rings. The fourth-order valence-corrected chi connectivity index (χ4v) is 4.74. The Labute approximate surface area is 159 Å². The molecule has 1 aromatic carbocycles. The quantitative estimate of drug-likeness (QED) is 0.400. The van der Waals surface area contributed by atoms with E-state index in [2.05, 4.69) is 15.9 Å². The number of alkyl halides is 3. The van der Waals surface area contributed by atoms with Crippen molar-refractivity contribution in [1.82, 2.24) is 0 Å². The zero-order chi connectivity index (χ0) is 20.3. The molecule has 146 valence electrons. The standard InChI is InChI=1S/C16H19BrF4O3SSi/c1-15(2,3)26(4,5)24-14-11(18)8-9-10(17)6-7-12(13(9)14)25(22,23)16(19,20)21/h6-7H,8H2,1-5H3. The first-order valence-electron chi connectivity index (χ1n) is 7.71. The van der Waals surface area contributed by atoms with E-state index in [4.69, 9.17) is 4.43 Å². The van der Waals surface area contributed by atoms with Crippen LogP contribution in [-0.4, -0.2) is 22.2 Å². The zero-order valence-electron chi connectivity index (χ0n) is 14.9. The van der Waals surface area contributed by atoms with Gasteiger partial charge in [-0.15, -0.1) is 0 Å². The van der Waals surface area contributed by atoms with Gasteiger partial charge in [0.2, 0.25) is 0 Å². The van der Waals surface area contributed by atoms with E-state index in [0.29, 0.717) is 4.47 Å². The highest BCUT2D eigenvalue weighted by Crippen LogP contribution is 2.48. The molecule has 1 aliphatic rings. The maximum atomic E-state index is 14.6. The second kappa shape index (κ2) is 6.34. The second-order valence-corrected chi connectivity index (χ2v) is 15.1. The van der Waals surface area contributed by atoms with Crippen molar-refractivity contribution in [3.05, 3.63) is 33.6 Å². The van der Waals surface area contributed by atoms with E-state index in [0.717, 1.165) is 6.07 Å². The van der Waals surface area contributed by atoms with Gasteiger partial charge in [0, 0.05) is 16.5 Å². The van der Waals surface area contributed by atoms with Gasteiger partial charge in [0.1, 0.15) is 11.6 Å². The van der Waals surface area contributed by atoms with E-state index >= 15 is 0 Å². The van der Waals surface area contributed by atoms with E-state index in [1.807, 2.05) is 20.8 Å². The van der Waals surface area contributed by atoms with Crippen LogP contribution in [0.5, 0.6) is 0 Å². The predicted octanol–water partition coefficient (Wildman–Crippen LogP) is 5.96. The summed E-state index contributed by atoms with van der Waals surface area (Å²) in [6.45, 7) is 9.29. The number of allylic oxidation sites excluding steroid dienone is 1. The average Bonchev–Trinajstić information content (AvgIpc) is 2.74. The van der Waals surface area contributed by atoms with E-state index in [-0.39, 0.29) is 22.6 Å². The highest BCUT2D eigenvalue weighted by molar-refractivity contribution is 9.10. The molecular weight excluding hydrogens is 456 g/mol. The monoisotopic (exact) mass is 474 g/mol.